The fraction of sp³-hybridized carbons (Fsp3) is 0.474. The van der Waals surface area contributed by atoms with Gasteiger partial charge in [-0.05, 0) is 25.2 Å². The minimum Gasteiger partial charge on any atom is -0.378 e. The van der Waals surface area contributed by atoms with Gasteiger partial charge in [-0.25, -0.2) is 4.98 Å². The first-order chi connectivity index (χ1) is 11.7. The molecule has 0 unspecified atom stereocenters. The number of thiazole rings is 1. The van der Waals surface area contributed by atoms with E-state index in [0.29, 0.717) is 25.0 Å². The lowest BCUT2D eigenvalue weighted by molar-refractivity contribution is -0.123. The van der Waals surface area contributed by atoms with Crippen LogP contribution in [0.25, 0.3) is 11.3 Å². The summed E-state index contributed by atoms with van der Waals surface area (Å²) in [4.78, 5) is 16.8. The fourth-order valence-electron chi connectivity index (χ4n) is 3.07. The molecule has 5 heteroatoms. The standard InChI is InChI=1S/C19H24N2O2S/c1-2-16-10-14(8-9-23-16)11-18(22)20-12-19-21-17(13-24-19)15-6-4-3-5-7-15/h3-7,13-14,16H,2,8-12H2,1H3,(H,20,22)/t14-,16+/m0/s1. The second kappa shape index (κ2) is 8.40. The van der Waals surface area contributed by atoms with Gasteiger partial charge in [0.1, 0.15) is 5.01 Å². The molecule has 1 N–H and O–H groups in total. The van der Waals surface area contributed by atoms with E-state index in [1.54, 1.807) is 11.3 Å². The molecule has 128 valence electrons. The molecule has 3 rings (SSSR count). The molecular formula is C19H24N2O2S. The Balaban J connectivity index is 1.47. The lowest BCUT2D eigenvalue weighted by Crippen LogP contribution is -2.30. The molecule has 24 heavy (non-hydrogen) atoms. The van der Waals surface area contributed by atoms with E-state index in [2.05, 4.69) is 17.2 Å². The predicted octanol–water partition coefficient (Wildman–Crippen LogP) is 4.02. The molecule has 0 saturated carbocycles. The number of benzene rings is 1. The summed E-state index contributed by atoms with van der Waals surface area (Å²) in [6.45, 7) is 3.43. The normalized spacial score (nSPS) is 20.7. The van der Waals surface area contributed by atoms with E-state index >= 15 is 0 Å². The maximum Gasteiger partial charge on any atom is 0.220 e. The van der Waals surface area contributed by atoms with Gasteiger partial charge < -0.3 is 10.1 Å². The molecule has 0 radical (unpaired) electrons. The van der Waals surface area contributed by atoms with Crippen molar-refractivity contribution in [1.82, 2.24) is 10.3 Å². The summed E-state index contributed by atoms with van der Waals surface area (Å²) in [5.41, 5.74) is 2.08. The Labute approximate surface area is 147 Å². The van der Waals surface area contributed by atoms with Gasteiger partial charge in [-0.3, -0.25) is 4.79 Å². The van der Waals surface area contributed by atoms with Crippen LogP contribution in [0.5, 0.6) is 0 Å². The van der Waals surface area contributed by atoms with Crippen LogP contribution in [-0.2, 0) is 16.1 Å². The second-order valence-corrected chi connectivity index (χ2v) is 7.21. The zero-order chi connectivity index (χ0) is 16.8. The number of carbonyl (C=O) groups is 1. The van der Waals surface area contributed by atoms with Crippen molar-refractivity contribution >= 4 is 17.2 Å². The number of amides is 1. The number of hydrogen-bond acceptors (Lipinski definition) is 4. The van der Waals surface area contributed by atoms with Crippen LogP contribution in [0.1, 0.15) is 37.6 Å². The van der Waals surface area contributed by atoms with Gasteiger partial charge in [0.2, 0.25) is 5.91 Å². The number of nitrogens with zero attached hydrogens (tertiary/aromatic N) is 1. The molecule has 1 fully saturated rings. The summed E-state index contributed by atoms with van der Waals surface area (Å²) in [6, 6.07) is 10.1. The minimum absolute atomic E-state index is 0.119. The van der Waals surface area contributed by atoms with Crippen LogP contribution in [0.15, 0.2) is 35.7 Å². The van der Waals surface area contributed by atoms with Crippen LogP contribution in [0.4, 0.5) is 0 Å². The van der Waals surface area contributed by atoms with Crippen molar-refractivity contribution in [3.8, 4) is 11.3 Å². The third-order valence-corrected chi connectivity index (χ3v) is 5.31. The molecule has 0 aliphatic carbocycles. The third kappa shape index (κ3) is 4.65. The number of aromatic nitrogens is 1. The summed E-state index contributed by atoms with van der Waals surface area (Å²) in [7, 11) is 0. The van der Waals surface area contributed by atoms with Crippen molar-refractivity contribution in [3.63, 3.8) is 0 Å². The van der Waals surface area contributed by atoms with E-state index in [-0.39, 0.29) is 5.91 Å². The Morgan fingerprint density at radius 3 is 3.00 bits per heavy atom. The van der Waals surface area contributed by atoms with E-state index in [9.17, 15) is 4.79 Å². The van der Waals surface area contributed by atoms with Gasteiger partial charge in [0.15, 0.2) is 0 Å². The highest BCUT2D eigenvalue weighted by Gasteiger charge is 2.23. The second-order valence-electron chi connectivity index (χ2n) is 6.26. The summed E-state index contributed by atoms with van der Waals surface area (Å²) < 4.78 is 5.67. The molecule has 2 aromatic rings. The summed E-state index contributed by atoms with van der Waals surface area (Å²) in [5.74, 6) is 0.563. The maximum atomic E-state index is 12.2. The molecule has 1 aliphatic rings. The van der Waals surface area contributed by atoms with Crippen molar-refractivity contribution in [2.24, 2.45) is 5.92 Å². The largest absolute Gasteiger partial charge is 0.378 e. The number of ether oxygens (including phenoxy) is 1. The van der Waals surface area contributed by atoms with E-state index in [0.717, 1.165) is 42.1 Å². The van der Waals surface area contributed by atoms with Crippen LogP contribution in [-0.4, -0.2) is 23.6 Å². The van der Waals surface area contributed by atoms with Crippen molar-refractivity contribution in [2.45, 2.75) is 45.3 Å². The Morgan fingerprint density at radius 2 is 2.21 bits per heavy atom. The predicted molar refractivity (Wildman–Crippen MR) is 96.8 cm³/mol. The molecule has 1 aliphatic heterocycles. The molecule has 1 aromatic heterocycles. The molecular weight excluding hydrogens is 320 g/mol. The number of nitrogens with one attached hydrogen (secondary N) is 1. The zero-order valence-electron chi connectivity index (χ0n) is 14.0. The Morgan fingerprint density at radius 1 is 1.38 bits per heavy atom. The van der Waals surface area contributed by atoms with Gasteiger partial charge >= 0.3 is 0 Å². The van der Waals surface area contributed by atoms with Crippen molar-refractivity contribution < 1.29 is 9.53 Å². The quantitative estimate of drug-likeness (QED) is 0.861. The zero-order valence-corrected chi connectivity index (χ0v) is 14.8. The van der Waals surface area contributed by atoms with Crippen LogP contribution >= 0.6 is 11.3 Å². The average molecular weight is 344 g/mol. The van der Waals surface area contributed by atoms with E-state index in [4.69, 9.17) is 4.74 Å². The van der Waals surface area contributed by atoms with E-state index in [1.807, 2.05) is 35.7 Å². The van der Waals surface area contributed by atoms with Gasteiger partial charge in [0.05, 0.1) is 18.3 Å². The highest BCUT2D eigenvalue weighted by Crippen LogP contribution is 2.25. The Kier molecular flexibility index (Phi) is 5.99. The van der Waals surface area contributed by atoms with Gasteiger partial charge in [-0.1, -0.05) is 37.3 Å². The van der Waals surface area contributed by atoms with Gasteiger partial charge in [0.25, 0.3) is 0 Å². The van der Waals surface area contributed by atoms with Gasteiger partial charge in [0, 0.05) is 24.0 Å². The Hall–Kier alpha value is -1.72. The first kappa shape index (κ1) is 17.1. The third-order valence-electron chi connectivity index (χ3n) is 4.46. The average Bonchev–Trinajstić information content (AvgIpc) is 3.10. The summed E-state index contributed by atoms with van der Waals surface area (Å²) in [5, 5.41) is 6.00. The van der Waals surface area contributed by atoms with Gasteiger partial charge in [-0.2, -0.15) is 0 Å². The molecule has 2 heterocycles. The number of rotatable bonds is 6. The highest BCUT2D eigenvalue weighted by atomic mass is 32.1. The lowest BCUT2D eigenvalue weighted by atomic mass is 9.91. The smallest absolute Gasteiger partial charge is 0.220 e. The first-order valence-corrected chi connectivity index (χ1v) is 9.50. The minimum atomic E-state index is 0.119. The first-order valence-electron chi connectivity index (χ1n) is 8.62. The molecule has 0 spiro atoms. The molecule has 4 nitrogen and oxygen atoms in total. The fourth-order valence-corrected chi connectivity index (χ4v) is 3.81. The highest BCUT2D eigenvalue weighted by molar-refractivity contribution is 7.09. The molecule has 1 amide bonds. The summed E-state index contributed by atoms with van der Waals surface area (Å²) >= 11 is 1.59. The molecule has 1 aromatic carbocycles. The molecule has 2 atom stereocenters. The van der Waals surface area contributed by atoms with Crippen LogP contribution in [0, 0.1) is 5.92 Å². The van der Waals surface area contributed by atoms with Crippen LogP contribution in [0.2, 0.25) is 0 Å². The number of hydrogen-bond donors (Lipinski definition) is 1. The van der Waals surface area contributed by atoms with Gasteiger partial charge in [-0.15, -0.1) is 11.3 Å². The maximum absolute atomic E-state index is 12.2. The summed E-state index contributed by atoms with van der Waals surface area (Å²) in [6.07, 6.45) is 3.93. The SMILES string of the molecule is CC[C@@H]1C[C@@H](CC(=O)NCc2nc(-c3ccccc3)cs2)CCO1. The Bertz CT molecular complexity index is 656. The van der Waals surface area contributed by atoms with E-state index < -0.39 is 0 Å². The van der Waals surface area contributed by atoms with Crippen molar-refractivity contribution in [3.05, 3.63) is 40.7 Å². The van der Waals surface area contributed by atoms with Crippen molar-refractivity contribution in [1.29, 1.82) is 0 Å². The molecule has 0 bridgehead atoms. The van der Waals surface area contributed by atoms with E-state index in [1.165, 1.54) is 0 Å². The van der Waals surface area contributed by atoms with Crippen molar-refractivity contribution in [2.75, 3.05) is 6.61 Å². The molecule has 1 saturated heterocycles. The number of carbonyl (C=O) groups excluding carboxylic acids is 1. The van der Waals surface area contributed by atoms with Crippen LogP contribution < -0.4 is 5.32 Å². The topological polar surface area (TPSA) is 51.2 Å². The monoisotopic (exact) mass is 344 g/mol. The lowest BCUT2D eigenvalue weighted by Gasteiger charge is -2.28. The van der Waals surface area contributed by atoms with Crippen LogP contribution in [0.3, 0.4) is 0 Å².